The lowest BCUT2D eigenvalue weighted by atomic mass is 10.1. The molecule has 1 heterocycles. The Bertz CT molecular complexity index is 258. The summed E-state index contributed by atoms with van der Waals surface area (Å²) in [6.45, 7) is 0.671. The van der Waals surface area contributed by atoms with E-state index in [9.17, 15) is 18.0 Å². The first kappa shape index (κ1) is 14.2. The van der Waals surface area contributed by atoms with E-state index in [-0.39, 0.29) is 12.5 Å². The van der Waals surface area contributed by atoms with Crippen LogP contribution in [-0.2, 0) is 4.79 Å². The van der Waals surface area contributed by atoms with Gasteiger partial charge < -0.3 is 15.3 Å². The molecule has 4 nitrogen and oxygen atoms in total. The number of nitrogens with one attached hydrogen (secondary N) is 1. The summed E-state index contributed by atoms with van der Waals surface area (Å²) < 4.78 is 36.0. The van der Waals surface area contributed by atoms with E-state index in [1.807, 2.05) is 4.90 Å². The molecule has 0 spiro atoms. The first-order valence-electron chi connectivity index (χ1n) is 5.61. The van der Waals surface area contributed by atoms with Crippen LogP contribution in [-0.4, -0.2) is 54.4 Å². The van der Waals surface area contributed by atoms with E-state index in [2.05, 4.69) is 5.32 Å². The lowest BCUT2D eigenvalue weighted by Crippen LogP contribution is -2.48. The van der Waals surface area contributed by atoms with Crippen LogP contribution in [0.2, 0.25) is 0 Å². The predicted octanol–water partition coefficient (Wildman–Crippen LogP) is 1.08. The molecular formula is C10H17F3N2O2. The Morgan fingerprint density at radius 3 is 2.76 bits per heavy atom. The highest BCUT2D eigenvalue weighted by atomic mass is 19.4. The van der Waals surface area contributed by atoms with Gasteiger partial charge in [0, 0.05) is 19.1 Å². The second-order valence-corrected chi connectivity index (χ2v) is 4.28. The minimum Gasteiger partial charge on any atom is -0.481 e. The fraction of sp³-hybridized carbons (Fsp3) is 0.900. The fourth-order valence-electron chi connectivity index (χ4n) is 1.94. The van der Waals surface area contributed by atoms with Crippen molar-refractivity contribution < 1.29 is 23.1 Å². The number of likely N-dealkylation sites (tertiary alicyclic amines) is 1. The van der Waals surface area contributed by atoms with Gasteiger partial charge in [-0.05, 0) is 19.4 Å². The first-order valence-corrected chi connectivity index (χ1v) is 5.61. The second-order valence-electron chi connectivity index (χ2n) is 4.28. The van der Waals surface area contributed by atoms with Gasteiger partial charge in [0.05, 0.1) is 13.0 Å². The molecule has 0 aromatic heterocycles. The highest BCUT2D eigenvalue weighted by molar-refractivity contribution is 5.66. The van der Waals surface area contributed by atoms with Gasteiger partial charge in [-0.15, -0.1) is 0 Å². The SMILES string of the molecule is O=C(O)CCN1CCCC(NCC(F)(F)F)C1. The number of hydrogen-bond donors (Lipinski definition) is 2. The molecule has 0 aliphatic carbocycles. The molecule has 7 heteroatoms. The van der Waals surface area contributed by atoms with Crippen LogP contribution in [0.4, 0.5) is 13.2 Å². The molecule has 0 bridgehead atoms. The van der Waals surface area contributed by atoms with E-state index in [4.69, 9.17) is 5.11 Å². The van der Waals surface area contributed by atoms with E-state index >= 15 is 0 Å². The van der Waals surface area contributed by atoms with Gasteiger partial charge in [-0.25, -0.2) is 0 Å². The molecule has 0 aromatic rings. The van der Waals surface area contributed by atoms with Gasteiger partial charge in [-0.2, -0.15) is 13.2 Å². The number of alkyl halides is 3. The summed E-state index contributed by atoms with van der Waals surface area (Å²) in [6, 6.07) is -0.195. The third-order valence-corrected chi connectivity index (χ3v) is 2.74. The van der Waals surface area contributed by atoms with E-state index in [0.29, 0.717) is 19.5 Å². The molecule has 0 aromatic carbocycles. The third-order valence-electron chi connectivity index (χ3n) is 2.74. The Balaban J connectivity index is 2.26. The van der Waals surface area contributed by atoms with Crippen molar-refractivity contribution in [1.82, 2.24) is 10.2 Å². The second kappa shape index (κ2) is 6.20. The van der Waals surface area contributed by atoms with Crippen LogP contribution in [0.5, 0.6) is 0 Å². The van der Waals surface area contributed by atoms with Gasteiger partial charge in [0.2, 0.25) is 0 Å². The molecule has 1 rings (SSSR count). The predicted molar refractivity (Wildman–Crippen MR) is 55.8 cm³/mol. The molecule has 0 saturated carbocycles. The van der Waals surface area contributed by atoms with E-state index in [1.54, 1.807) is 0 Å². The lowest BCUT2D eigenvalue weighted by Gasteiger charge is -2.33. The quantitative estimate of drug-likeness (QED) is 0.770. The Hall–Kier alpha value is -0.820. The number of hydrogen-bond acceptors (Lipinski definition) is 3. The van der Waals surface area contributed by atoms with Gasteiger partial charge in [0.15, 0.2) is 0 Å². The summed E-state index contributed by atoms with van der Waals surface area (Å²) in [7, 11) is 0. The third kappa shape index (κ3) is 6.48. The average molecular weight is 254 g/mol. The van der Waals surface area contributed by atoms with Crippen LogP contribution in [0, 0.1) is 0 Å². The van der Waals surface area contributed by atoms with Crippen molar-refractivity contribution >= 4 is 5.97 Å². The molecule has 0 radical (unpaired) electrons. The maximum Gasteiger partial charge on any atom is 0.401 e. The number of carboxylic acids is 1. The Kier molecular flexibility index (Phi) is 5.20. The molecule has 1 aliphatic heterocycles. The molecule has 2 N–H and O–H groups in total. The molecule has 0 amide bonds. The number of carboxylic acid groups (broad SMARTS) is 1. The molecule has 1 atom stereocenters. The van der Waals surface area contributed by atoms with Crippen LogP contribution >= 0.6 is 0 Å². The van der Waals surface area contributed by atoms with Gasteiger partial charge in [-0.1, -0.05) is 0 Å². The van der Waals surface area contributed by atoms with Gasteiger partial charge in [0.25, 0.3) is 0 Å². The molecule has 100 valence electrons. The molecule has 1 aliphatic rings. The number of halogens is 3. The van der Waals surface area contributed by atoms with Crippen molar-refractivity contribution in [3.63, 3.8) is 0 Å². The van der Waals surface area contributed by atoms with Crippen LogP contribution in [0.1, 0.15) is 19.3 Å². The summed E-state index contributed by atoms with van der Waals surface area (Å²) >= 11 is 0. The minimum absolute atomic E-state index is 0.0337. The summed E-state index contributed by atoms with van der Waals surface area (Å²) in [5, 5.41) is 11.0. The zero-order valence-electron chi connectivity index (χ0n) is 9.46. The van der Waals surface area contributed by atoms with Gasteiger partial charge in [0.1, 0.15) is 0 Å². The maximum absolute atomic E-state index is 12.0. The van der Waals surface area contributed by atoms with Crippen molar-refractivity contribution in [1.29, 1.82) is 0 Å². The van der Waals surface area contributed by atoms with E-state index < -0.39 is 18.7 Å². The number of carbonyl (C=O) groups is 1. The highest BCUT2D eigenvalue weighted by Gasteiger charge is 2.29. The highest BCUT2D eigenvalue weighted by Crippen LogP contribution is 2.15. The van der Waals surface area contributed by atoms with Crippen LogP contribution in [0.25, 0.3) is 0 Å². The smallest absolute Gasteiger partial charge is 0.401 e. The average Bonchev–Trinajstić information content (AvgIpc) is 2.23. The number of rotatable bonds is 5. The van der Waals surface area contributed by atoms with Crippen molar-refractivity contribution in [2.75, 3.05) is 26.2 Å². The summed E-state index contributed by atoms with van der Waals surface area (Å²) in [5.74, 6) is -0.879. The van der Waals surface area contributed by atoms with Crippen molar-refractivity contribution in [3.05, 3.63) is 0 Å². The van der Waals surface area contributed by atoms with Crippen LogP contribution < -0.4 is 5.32 Å². The Labute approximate surface area is 97.8 Å². The monoisotopic (exact) mass is 254 g/mol. The zero-order valence-corrected chi connectivity index (χ0v) is 9.46. The largest absolute Gasteiger partial charge is 0.481 e. The topological polar surface area (TPSA) is 52.6 Å². The zero-order chi connectivity index (χ0) is 12.9. The normalized spacial score (nSPS) is 22.6. The van der Waals surface area contributed by atoms with Gasteiger partial charge in [-0.3, -0.25) is 4.79 Å². The molecule has 1 fully saturated rings. The molecule has 17 heavy (non-hydrogen) atoms. The molecule has 1 unspecified atom stereocenters. The lowest BCUT2D eigenvalue weighted by molar-refractivity contribution is -0.137. The number of aliphatic carboxylic acids is 1. The summed E-state index contributed by atoms with van der Waals surface area (Å²) in [5.41, 5.74) is 0. The summed E-state index contributed by atoms with van der Waals surface area (Å²) in [6.07, 6.45) is -2.65. The van der Waals surface area contributed by atoms with Gasteiger partial charge >= 0.3 is 12.1 Å². The number of nitrogens with zero attached hydrogens (tertiary/aromatic N) is 1. The standard InChI is InChI=1S/C10H17F3N2O2/c11-10(12,13)7-14-8-2-1-4-15(6-8)5-3-9(16)17/h8,14H,1-7H2,(H,16,17). The maximum atomic E-state index is 12.0. The molecule has 1 saturated heterocycles. The van der Waals surface area contributed by atoms with E-state index in [0.717, 1.165) is 13.0 Å². The van der Waals surface area contributed by atoms with Crippen LogP contribution in [0.3, 0.4) is 0 Å². The Morgan fingerprint density at radius 1 is 1.47 bits per heavy atom. The summed E-state index contributed by atoms with van der Waals surface area (Å²) in [4.78, 5) is 12.3. The molecular weight excluding hydrogens is 237 g/mol. The fourth-order valence-corrected chi connectivity index (χ4v) is 1.94. The van der Waals surface area contributed by atoms with Crippen LogP contribution in [0.15, 0.2) is 0 Å². The van der Waals surface area contributed by atoms with E-state index in [1.165, 1.54) is 0 Å². The van der Waals surface area contributed by atoms with Crippen molar-refractivity contribution in [2.45, 2.75) is 31.5 Å². The van der Waals surface area contributed by atoms with Crippen molar-refractivity contribution in [3.8, 4) is 0 Å². The first-order chi connectivity index (χ1) is 7.87. The number of piperidine rings is 1. The minimum atomic E-state index is -4.19. The van der Waals surface area contributed by atoms with Crippen molar-refractivity contribution in [2.24, 2.45) is 0 Å². The Morgan fingerprint density at radius 2 is 2.18 bits per heavy atom.